The highest BCUT2D eigenvalue weighted by Crippen LogP contribution is 2.31. The third-order valence-corrected chi connectivity index (χ3v) is 5.05. The van der Waals surface area contributed by atoms with Crippen LogP contribution in [0.25, 0.3) is 0 Å². The molecule has 0 saturated heterocycles. The van der Waals surface area contributed by atoms with E-state index in [0.717, 1.165) is 10.6 Å². The molecule has 1 aliphatic heterocycles. The number of hydrogen-bond donors (Lipinski definition) is 1. The first kappa shape index (κ1) is 18.0. The van der Waals surface area contributed by atoms with Crippen LogP contribution in [0.5, 0.6) is 11.5 Å². The van der Waals surface area contributed by atoms with Crippen molar-refractivity contribution in [2.45, 2.75) is 13.0 Å². The molecule has 1 N–H and O–H groups in total. The minimum absolute atomic E-state index is 0.119. The maximum absolute atomic E-state index is 12.9. The molecular formula is C17H19N3O5S. The summed E-state index contributed by atoms with van der Waals surface area (Å²) in [5.74, 6) is 0.976. The Labute approximate surface area is 154 Å². The molecule has 0 atom stereocenters. The molecular weight excluding hydrogens is 358 g/mol. The number of methoxy groups -OCH3 is 3. The van der Waals surface area contributed by atoms with Gasteiger partial charge in [-0.15, -0.1) is 0 Å². The van der Waals surface area contributed by atoms with E-state index in [4.69, 9.17) is 9.47 Å². The number of aromatic nitrogens is 1. The van der Waals surface area contributed by atoms with E-state index in [1.165, 1.54) is 25.6 Å². The Morgan fingerprint density at radius 2 is 2.04 bits per heavy atom. The van der Waals surface area contributed by atoms with E-state index in [9.17, 15) is 9.59 Å². The first-order valence-corrected chi connectivity index (χ1v) is 8.72. The van der Waals surface area contributed by atoms with Gasteiger partial charge in [0.05, 0.1) is 39.1 Å². The van der Waals surface area contributed by atoms with Crippen LogP contribution in [0, 0.1) is 0 Å². The summed E-state index contributed by atoms with van der Waals surface area (Å²) < 4.78 is 15.1. The van der Waals surface area contributed by atoms with Gasteiger partial charge in [-0.1, -0.05) is 11.3 Å². The Hall–Kier alpha value is -2.81. The highest BCUT2D eigenvalue weighted by atomic mass is 32.1. The average Bonchev–Trinajstić information content (AvgIpc) is 3.07. The van der Waals surface area contributed by atoms with Crippen molar-refractivity contribution in [2.24, 2.45) is 0 Å². The van der Waals surface area contributed by atoms with Gasteiger partial charge in [0.1, 0.15) is 11.5 Å². The van der Waals surface area contributed by atoms with E-state index in [2.05, 4.69) is 15.0 Å². The van der Waals surface area contributed by atoms with E-state index in [-0.39, 0.29) is 5.91 Å². The predicted octanol–water partition coefficient (Wildman–Crippen LogP) is 2.54. The SMILES string of the molecule is COC(=O)Nc1nc2c(s1)CN(C(=O)c1ccc(OC)cc1OC)CC2. The Balaban J connectivity index is 1.78. The first-order valence-electron chi connectivity index (χ1n) is 7.90. The van der Waals surface area contributed by atoms with Crippen molar-refractivity contribution >= 4 is 28.5 Å². The van der Waals surface area contributed by atoms with Gasteiger partial charge in [0.2, 0.25) is 0 Å². The molecule has 2 heterocycles. The van der Waals surface area contributed by atoms with Gasteiger partial charge < -0.3 is 19.1 Å². The Morgan fingerprint density at radius 1 is 1.23 bits per heavy atom. The van der Waals surface area contributed by atoms with E-state index in [1.54, 1.807) is 30.2 Å². The maximum Gasteiger partial charge on any atom is 0.413 e. The normalized spacial score (nSPS) is 13.0. The number of ether oxygens (including phenoxy) is 3. The van der Waals surface area contributed by atoms with Gasteiger partial charge in [-0.05, 0) is 12.1 Å². The minimum Gasteiger partial charge on any atom is -0.497 e. The number of amides is 2. The summed E-state index contributed by atoms with van der Waals surface area (Å²) in [6.07, 6.45) is 0.0609. The Bertz CT molecular complexity index is 836. The van der Waals surface area contributed by atoms with Crippen LogP contribution in [0.4, 0.5) is 9.93 Å². The lowest BCUT2D eigenvalue weighted by Gasteiger charge is -2.26. The van der Waals surface area contributed by atoms with Gasteiger partial charge in [-0.2, -0.15) is 0 Å². The van der Waals surface area contributed by atoms with Gasteiger partial charge >= 0.3 is 6.09 Å². The fraction of sp³-hybridized carbons (Fsp3) is 0.353. The molecule has 0 spiro atoms. The zero-order chi connectivity index (χ0) is 18.7. The maximum atomic E-state index is 12.9. The standard InChI is InChI=1S/C17H19N3O5S/c1-23-10-4-5-11(13(8-10)24-2)15(21)20-7-6-12-14(9-20)26-16(18-12)19-17(22)25-3/h4-5,8H,6-7,9H2,1-3H3,(H,18,19,22). The first-order chi connectivity index (χ1) is 12.5. The van der Waals surface area contributed by atoms with Crippen LogP contribution in [0.15, 0.2) is 18.2 Å². The van der Waals surface area contributed by atoms with E-state index < -0.39 is 6.09 Å². The summed E-state index contributed by atoms with van der Waals surface area (Å²) in [7, 11) is 4.38. The van der Waals surface area contributed by atoms with E-state index >= 15 is 0 Å². The number of benzene rings is 1. The molecule has 9 heteroatoms. The number of carbonyl (C=O) groups excluding carboxylic acids is 2. The zero-order valence-corrected chi connectivity index (χ0v) is 15.5. The molecule has 2 amide bonds. The molecule has 2 aromatic rings. The number of fused-ring (bicyclic) bond motifs is 1. The van der Waals surface area contributed by atoms with E-state index in [0.29, 0.717) is 41.7 Å². The van der Waals surface area contributed by atoms with Crippen LogP contribution in [-0.4, -0.2) is 49.8 Å². The van der Waals surface area contributed by atoms with Gasteiger partial charge in [0.25, 0.3) is 5.91 Å². The number of rotatable bonds is 4. The molecule has 3 rings (SSSR count). The van der Waals surface area contributed by atoms with Crippen molar-refractivity contribution in [3.8, 4) is 11.5 Å². The van der Waals surface area contributed by atoms with Crippen molar-refractivity contribution in [2.75, 3.05) is 33.2 Å². The molecule has 26 heavy (non-hydrogen) atoms. The zero-order valence-electron chi connectivity index (χ0n) is 14.7. The van der Waals surface area contributed by atoms with Crippen LogP contribution >= 0.6 is 11.3 Å². The summed E-state index contributed by atoms with van der Waals surface area (Å²) in [5, 5.41) is 3.03. The van der Waals surface area contributed by atoms with Crippen molar-refractivity contribution in [1.82, 2.24) is 9.88 Å². The second-order valence-electron chi connectivity index (χ2n) is 5.55. The lowest BCUT2D eigenvalue weighted by molar-refractivity contribution is 0.0732. The predicted molar refractivity (Wildman–Crippen MR) is 96.1 cm³/mol. The summed E-state index contributed by atoms with van der Waals surface area (Å²) >= 11 is 1.34. The topological polar surface area (TPSA) is 90.0 Å². The summed E-state index contributed by atoms with van der Waals surface area (Å²) in [4.78, 5) is 31.3. The highest BCUT2D eigenvalue weighted by Gasteiger charge is 2.27. The molecule has 1 aromatic carbocycles. The minimum atomic E-state index is -0.563. The fourth-order valence-corrected chi connectivity index (χ4v) is 3.72. The number of hydrogen-bond acceptors (Lipinski definition) is 7. The number of nitrogens with zero attached hydrogens (tertiary/aromatic N) is 2. The molecule has 0 unspecified atom stereocenters. The molecule has 0 saturated carbocycles. The number of nitrogens with one attached hydrogen (secondary N) is 1. The Kier molecular flexibility index (Phi) is 5.27. The van der Waals surface area contributed by atoms with Crippen LogP contribution in [0.2, 0.25) is 0 Å². The van der Waals surface area contributed by atoms with Gasteiger partial charge in [0, 0.05) is 23.9 Å². The lowest BCUT2D eigenvalue weighted by atomic mass is 10.1. The second kappa shape index (κ2) is 7.61. The number of thiazole rings is 1. The van der Waals surface area contributed by atoms with Crippen LogP contribution in [-0.2, 0) is 17.7 Å². The van der Waals surface area contributed by atoms with Gasteiger partial charge in [-0.3, -0.25) is 10.1 Å². The molecule has 0 radical (unpaired) electrons. The quantitative estimate of drug-likeness (QED) is 0.881. The summed E-state index contributed by atoms with van der Waals surface area (Å²) in [6, 6.07) is 5.12. The third kappa shape index (κ3) is 3.57. The van der Waals surface area contributed by atoms with Crippen LogP contribution in [0.1, 0.15) is 20.9 Å². The largest absolute Gasteiger partial charge is 0.497 e. The molecule has 1 aliphatic rings. The molecule has 138 valence electrons. The van der Waals surface area contributed by atoms with E-state index in [1.807, 2.05) is 0 Å². The number of anilines is 1. The smallest absolute Gasteiger partial charge is 0.413 e. The number of carbonyl (C=O) groups is 2. The highest BCUT2D eigenvalue weighted by molar-refractivity contribution is 7.15. The summed E-state index contributed by atoms with van der Waals surface area (Å²) in [6.45, 7) is 0.978. The third-order valence-electron chi connectivity index (χ3n) is 4.05. The molecule has 0 fully saturated rings. The van der Waals surface area contributed by atoms with Crippen LogP contribution in [0.3, 0.4) is 0 Å². The van der Waals surface area contributed by atoms with Crippen molar-refractivity contribution < 1.29 is 23.8 Å². The molecule has 0 bridgehead atoms. The lowest BCUT2D eigenvalue weighted by Crippen LogP contribution is -2.35. The molecule has 0 aliphatic carbocycles. The fourth-order valence-electron chi connectivity index (χ4n) is 2.71. The van der Waals surface area contributed by atoms with Crippen molar-refractivity contribution in [1.29, 1.82) is 0 Å². The second-order valence-corrected chi connectivity index (χ2v) is 6.63. The van der Waals surface area contributed by atoms with Crippen LogP contribution < -0.4 is 14.8 Å². The van der Waals surface area contributed by atoms with Crippen molar-refractivity contribution in [3.05, 3.63) is 34.3 Å². The average molecular weight is 377 g/mol. The monoisotopic (exact) mass is 377 g/mol. The van der Waals surface area contributed by atoms with Gasteiger partial charge in [-0.25, -0.2) is 9.78 Å². The molecule has 8 nitrogen and oxygen atoms in total. The summed E-state index contributed by atoms with van der Waals surface area (Å²) in [5.41, 5.74) is 1.38. The molecule has 1 aromatic heterocycles. The van der Waals surface area contributed by atoms with Crippen molar-refractivity contribution in [3.63, 3.8) is 0 Å². The van der Waals surface area contributed by atoms with Gasteiger partial charge in [0.15, 0.2) is 5.13 Å². The Morgan fingerprint density at radius 3 is 2.73 bits per heavy atom.